The first-order valence-electron chi connectivity index (χ1n) is 5.48. The number of ether oxygens (including phenoxy) is 1. The van der Waals surface area contributed by atoms with Crippen LogP contribution in [0.15, 0.2) is 12.1 Å². The van der Waals surface area contributed by atoms with Crippen molar-refractivity contribution in [3.05, 3.63) is 21.9 Å². The van der Waals surface area contributed by atoms with E-state index >= 15 is 0 Å². The van der Waals surface area contributed by atoms with Crippen LogP contribution < -0.4 is 0 Å². The standard InChI is InChI=1S/C15H12O3S/c1-3-4-5-6-14-9-10-15(19-14)8-7-13(11-16)18-12(2)17/h9-10,13,16H,11H2,1-2H3. The maximum atomic E-state index is 10.7. The van der Waals surface area contributed by atoms with Crippen LogP contribution in [0.3, 0.4) is 0 Å². The van der Waals surface area contributed by atoms with E-state index in [4.69, 9.17) is 9.84 Å². The van der Waals surface area contributed by atoms with Gasteiger partial charge in [0.1, 0.15) is 0 Å². The lowest BCUT2D eigenvalue weighted by Gasteiger charge is -2.05. The van der Waals surface area contributed by atoms with Crippen molar-refractivity contribution in [2.75, 3.05) is 6.61 Å². The molecule has 3 nitrogen and oxygen atoms in total. The minimum absolute atomic E-state index is 0.323. The Kier molecular flexibility index (Phi) is 6.27. The molecule has 0 aliphatic carbocycles. The molecule has 19 heavy (non-hydrogen) atoms. The predicted molar refractivity (Wildman–Crippen MR) is 74.2 cm³/mol. The van der Waals surface area contributed by atoms with Crippen LogP contribution in [0.4, 0.5) is 0 Å². The van der Waals surface area contributed by atoms with Crippen LogP contribution in [-0.4, -0.2) is 23.8 Å². The third kappa shape index (κ3) is 5.80. The fourth-order valence-corrected chi connectivity index (χ4v) is 1.81. The second-order valence-corrected chi connectivity index (χ2v) is 4.42. The van der Waals surface area contributed by atoms with E-state index in [0.29, 0.717) is 0 Å². The van der Waals surface area contributed by atoms with E-state index in [1.807, 2.05) is 12.1 Å². The molecule has 1 heterocycles. The van der Waals surface area contributed by atoms with Crippen LogP contribution in [0.25, 0.3) is 0 Å². The predicted octanol–water partition coefficient (Wildman–Crippen LogP) is 1.40. The second kappa shape index (κ2) is 8.01. The summed E-state index contributed by atoms with van der Waals surface area (Å²) in [4.78, 5) is 12.4. The van der Waals surface area contributed by atoms with Crippen molar-refractivity contribution in [1.29, 1.82) is 0 Å². The molecule has 0 saturated carbocycles. The van der Waals surface area contributed by atoms with Gasteiger partial charge in [0.05, 0.1) is 16.4 Å². The Morgan fingerprint density at radius 2 is 2.05 bits per heavy atom. The van der Waals surface area contributed by atoms with Gasteiger partial charge >= 0.3 is 5.97 Å². The van der Waals surface area contributed by atoms with Crippen LogP contribution in [0.2, 0.25) is 0 Å². The van der Waals surface area contributed by atoms with E-state index in [1.165, 1.54) is 18.3 Å². The Morgan fingerprint density at radius 3 is 2.63 bits per heavy atom. The number of aliphatic hydroxyl groups is 1. The minimum Gasteiger partial charge on any atom is -0.447 e. The molecule has 1 aromatic heterocycles. The second-order valence-electron chi connectivity index (χ2n) is 3.34. The molecular formula is C15H12O3S. The summed E-state index contributed by atoms with van der Waals surface area (Å²) < 4.78 is 4.80. The smallest absolute Gasteiger partial charge is 0.303 e. The molecule has 0 fully saturated rings. The van der Waals surface area contributed by atoms with Crippen molar-refractivity contribution in [3.8, 4) is 35.5 Å². The van der Waals surface area contributed by atoms with E-state index in [9.17, 15) is 4.79 Å². The van der Waals surface area contributed by atoms with Crippen molar-refractivity contribution in [2.45, 2.75) is 20.0 Å². The Balaban J connectivity index is 2.75. The number of hydrogen-bond donors (Lipinski definition) is 1. The highest BCUT2D eigenvalue weighted by molar-refractivity contribution is 7.13. The monoisotopic (exact) mass is 272 g/mol. The number of aliphatic hydroxyl groups excluding tert-OH is 1. The van der Waals surface area contributed by atoms with Gasteiger partial charge in [-0.2, -0.15) is 0 Å². The molecule has 4 heteroatoms. The Morgan fingerprint density at radius 1 is 1.37 bits per heavy atom. The summed E-state index contributed by atoms with van der Waals surface area (Å²) in [6.45, 7) is 2.68. The number of hydrogen-bond acceptors (Lipinski definition) is 4. The highest BCUT2D eigenvalue weighted by atomic mass is 32.1. The van der Waals surface area contributed by atoms with Gasteiger partial charge in [-0.1, -0.05) is 11.8 Å². The van der Waals surface area contributed by atoms with Gasteiger partial charge in [-0.05, 0) is 42.7 Å². The molecule has 0 aliphatic rings. The first-order chi connectivity index (χ1) is 9.15. The zero-order valence-corrected chi connectivity index (χ0v) is 11.4. The van der Waals surface area contributed by atoms with Gasteiger partial charge in [-0.3, -0.25) is 4.79 Å². The number of esters is 1. The Hall–Kier alpha value is -2.19. The lowest BCUT2D eigenvalue weighted by Crippen LogP contribution is -2.18. The summed E-state index contributed by atoms with van der Waals surface area (Å²) in [6.07, 6.45) is -0.792. The van der Waals surface area contributed by atoms with Gasteiger partial charge in [-0.25, -0.2) is 0 Å². The molecule has 0 bridgehead atoms. The molecule has 0 amide bonds. The molecule has 0 aliphatic heterocycles. The zero-order valence-electron chi connectivity index (χ0n) is 10.6. The molecule has 1 unspecified atom stereocenters. The fourth-order valence-electron chi connectivity index (χ4n) is 1.09. The number of carbonyl (C=O) groups is 1. The molecule has 1 N–H and O–H groups in total. The van der Waals surface area contributed by atoms with E-state index in [1.54, 1.807) is 6.92 Å². The van der Waals surface area contributed by atoms with Gasteiger partial charge in [-0.15, -0.1) is 11.3 Å². The first kappa shape index (κ1) is 14.9. The molecule has 1 rings (SSSR count). The van der Waals surface area contributed by atoms with Crippen LogP contribution in [-0.2, 0) is 9.53 Å². The van der Waals surface area contributed by atoms with Gasteiger partial charge in [0, 0.05) is 6.92 Å². The molecule has 0 saturated heterocycles. The third-order valence-electron chi connectivity index (χ3n) is 1.81. The topological polar surface area (TPSA) is 46.5 Å². The zero-order chi connectivity index (χ0) is 14.1. The molecule has 96 valence electrons. The minimum atomic E-state index is -0.792. The van der Waals surface area contributed by atoms with E-state index in [-0.39, 0.29) is 6.61 Å². The maximum Gasteiger partial charge on any atom is 0.303 e. The molecule has 0 spiro atoms. The van der Waals surface area contributed by atoms with Crippen molar-refractivity contribution >= 4 is 17.3 Å². The van der Waals surface area contributed by atoms with E-state index in [2.05, 4.69) is 35.5 Å². The normalized spacial score (nSPS) is 9.84. The van der Waals surface area contributed by atoms with Gasteiger partial charge < -0.3 is 9.84 Å². The summed E-state index contributed by atoms with van der Waals surface area (Å²) in [5.41, 5.74) is 0. The fraction of sp³-hybridized carbons (Fsp3) is 0.267. The van der Waals surface area contributed by atoms with Crippen LogP contribution in [0.1, 0.15) is 23.6 Å². The quantitative estimate of drug-likeness (QED) is 0.654. The molecule has 0 radical (unpaired) electrons. The van der Waals surface area contributed by atoms with Crippen LogP contribution >= 0.6 is 11.3 Å². The maximum absolute atomic E-state index is 10.7. The van der Waals surface area contributed by atoms with Gasteiger partial charge in [0.2, 0.25) is 0 Å². The summed E-state index contributed by atoms with van der Waals surface area (Å²) in [7, 11) is 0. The largest absolute Gasteiger partial charge is 0.447 e. The average Bonchev–Trinajstić information content (AvgIpc) is 2.82. The third-order valence-corrected chi connectivity index (χ3v) is 2.73. The lowest BCUT2D eigenvalue weighted by molar-refractivity contribution is -0.145. The molecular weight excluding hydrogens is 260 g/mol. The highest BCUT2D eigenvalue weighted by Gasteiger charge is 2.05. The van der Waals surface area contributed by atoms with Gasteiger partial charge in [0.15, 0.2) is 6.10 Å². The van der Waals surface area contributed by atoms with E-state index in [0.717, 1.165) is 9.75 Å². The summed E-state index contributed by atoms with van der Waals surface area (Å²) in [5.74, 6) is 16.0. The summed E-state index contributed by atoms with van der Waals surface area (Å²) in [6, 6.07) is 3.67. The Bertz CT molecular complexity index is 623. The molecule has 1 atom stereocenters. The lowest BCUT2D eigenvalue weighted by atomic mass is 10.3. The van der Waals surface area contributed by atoms with Crippen molar-refractivity contribution < 1.29 is 14.6 Å². The van der Waals surface area contributed by atoms with Crippen molar-refractivity contribution in [2.24, 2.45) is 0 Å². The number of rotatable bonds is 2. The van der Waals surface area contributed by atoms with Crippen LogP contribution in [0.5, 0.6) is 0 Å². The molecule has 1 aromatic rings. The Labute approximate surface area is 116 Å². The SMILES string of the molecule is CC#CC#Cc1ccc(C#CC(CO)OC(C)=O)s1. The van der Waals surface area contributed by atoms with Gasteiger partial charge in [0.25, 0.3) is 0 Å². The van der Waals surface area contributed by atoms with Crippen molar-refractivity contribution in [3.63, 3.8) is 0 Å². The highest BCUT2D eigenvalue weighted by Crippen LogP contribution is 2.13. The number of carbonyl (C=O) groups excluding carboxylic acids is 1. The van der Waals surface area contributed by atoms with E-state index < -0.39 is 12.1 Å². The first-order valence-corrected chi connectivity index (χ1v) is 6.29. The summed E-state index contributed by atoms with van der Waals surface area (Å²) >= 11 is 1.42. The number of thiophene rings is 1. The molecule has 0 aromatic carbocycles. The van der Waals surface area contributed by atoms with Crippen molar-refractivity contribution in [1.82, 2.24) is 0 Å². The summed E-state index contributed by atoms with van der Waals surface area (Å²) in [5, 5.41) is 8.99. The van der Waals surface area contributed by atoms with Crippen LogP contribution in [0, 0.1) is 35.5 Å². The average molecular weight is 272 g/mol.